The lowest BCUT2D eigenvalue weighted by molar-refractivity contribution is -0.193. The Hall–Kier alpha value is -4.92. The van der Waals surface area contributed by atoms with E-state index in [1.807, 2.05) is 0 Å². The highest BCUT2D eigenvalue weighted by Crippen LogP contribution is 2.49. The van der Waals surface area contributed by atoms with Crippen LogP contribution >= 0.6 is 11.6 Å². The third kappa shape index (κ3) is 6.07. The Balaban J connectivity index is 1.32. The second-order valence-corrected chi connectivity index (χ2v) is 13.7. The van der Waals surface area contributed by atoms with Gasteiger partial charge in [0.1, 0.15) is 5.82 Å². The number of methoxy groups -OCH3 is 1. The van der Waals surface area contributed by atoms with Crippen molar-refractivity contribution in [3.63, 3.8) is 0 Å². The number of esters is 1. The number of amides is 3. The molecular weight excluding hydrogens is 678 g/mol. The fourth-order valence-corrected chi connectivity index (χ4v) is 7.19. The summed E-state index contributed by atoms with van der Waals surface area (Å²) in [6.07, 6.45) is 1.88. The molecule has 3 aliphatic heterocycles. The monoisotopic (exact) mass is 710 g/mol. The number of nitrogens with zero attached hydrogens (tertiary/aromatic N) is 5. The molecule has 1 aromatic carbocycles. The summed E-state index contributed by atoms with van der Waals surface area (Å²) >= 11 is 5.87. The van der Waals surface area contributed by atoms with E-state index in [-0.39, 0.29) is 56.4 Å². The SMILES string of the molecule is COC(=O)N1CCC(C[C@]2(C)OC(=O)c3c2nc(CC2CC2)c(C(N)=O)c3-c2ccc3c(c2)OC(F)(F)C(=O)N3Cc2ncc(Cl)cn2)CC1. The molecule has 1 saturated heterocycles. The van der Waals surface area contributed by atoms with Crippen molar-refractivity contribution in [1.82, 2.24) is 19.9 Å². The number of piperidine rings is 1. The Kier molecular flexibility index (Phi) is 8.36. The number of carbonyl (C=O) groups excluding carboxylic acids is 4. The van der Waals surface area contributed by atoms with Crippen molar-refractivity contribution < 1.29 is 42.2 Å². The largest absolute Gasteiger partial charge is 0.482 e. The molecule has 7 rings (SSSR count). The summed E-state index contributed by atoms with van der Waals surface area (Å²) < 4.78 is 46.0. The van der Waals surface area contributed by atoms with Crippen LogP contribution in [-0.2, 0) is 32.8 Å². The van der Waals surface area contributed by atoms with Crippen molar-refractivity contribution in [1.29, 1.82) is 0 Å². The van der Waals surface area contributed by atoms with E-state index in [2.05, 4.69) is 9.97 Å². The third-order valence-corrected chi connectivity index (χ3v) is 9.89. The number of primary amides is 1. The second-order valence-electron chi connectivity index (χ2n) is 13.3. The number of aromatic nitrogens is 3. The van der Waals surface area contributed by atoms with Gasteiger partial charge in [-0.2, -0.15) is 8.78 Å². The van der Waals surface area contributed by atoms with E-state index < -0.39 is 42.1 Å². The first kappa shape index (κ1) is 33.6. The Morgan fingerprint density at radius 2 is 1.76 bits per heavy atom. The Morgan fingerprint density at radius 1 is 1.06 bits per heavy atom. The highest BCUT2D eigenvalue weighted by molar-refractivity contribution is 6.30. The Morgan fingerprint density at radius 3 is 2.40 bits per heavy atom. The molecule has 1 aliphatic carbocycles. The topological polar surface area (TPSA) is 167 Å². The number of cyclic esters (lactones) is 1. The number of anilines is 1. The highest BCUT2D eigenvalue weighted by Gasteiger charge is 2.52. The maximum Gasteiger partial charge on any atom is 0.482 e. The van der Waals surface area contributed by atoms with Crippen LogP contribution in [0.5, 0.6) is 5.75 Å². The van der Waals surface area contributed by atoms with E-state index in [9.17, 15) is 19.2 Å². The van der Waals surface area contributed by atoms with Gasteiger partial charge in [0.15, 0.2) is 11.4 Å². The van der Waals surface area contributed by atoms with Gasteiger partial charge in [-0.25, -0.2) is 19.6 Å². The summed E-state index contributed by atoms with van der Waals surface area (Å²) in [6.45, 7) is 2.31. The maximum atomic E-state index is 15.1. The van der Waals surface area contributed by atoms with Crippen LogP contribution in [0.25, 0.3) is 11.1 Å². The number of ether oxygens (including phenoxy) is 3. The number of alkyl halides is 2. The molecule has 3 amide bonds. The maximum absolute atomic E-state index is 15.1. The first-order chi connectivity index (χ1) is 23.8. The van der Waals surface area contributed by atoms with Crippen LogP contribution in [0.3, 0.4) is 0 Å². The average Bonchev–Trinajstić information content (AvgIpc) is 3.86. The molecule has 16 heteroatoms. The zero-order chi connectivity index (χ0) is 35.5. The van der Waals surface area contributed by atoms with Gasteiger partial charge in [0, 0.05) is 31.0 Å². The molecule has 0 spiro atoms. The van der Waals surface area contributed by atoms with Gasteiger partial charge in [-0.3, -0.25) is 19.5 Å². The van der Waals surface area contributed by atoms with Gasteiger partial charge in [-0.15, -0.1) is 0 Å². The zero-order valence-corrected chi connectivity index (χ0v) is 28.0. The molecular formula is C34H33ClF2N6O7. The molecule has 13 nitrogen and oxygen atoms in total. The van der Waals surface area contributed by atoms with E-state index in [1.54, 1.807) is 11.8 Å². The summed E-state index contributed by atoms with van der Waals surface area (Å²) in [5.74, 6) is -3.19. The van der Waals surface area contributed by atoms with Gasteiger partial charge in [0.05, 0.1) is 46.9 Å². The van der Waals surface area contributed by atoms with E-state index in [1.165, 1.54) is 37.7 Å². The summed E-state index contributed by atoms with van der Waals surface area (Å²) in [6, 6.07) is 4.14. The lowest BCUT2D eigenvalue weighted by Crippen LogP contribution is -2.50. The molecule has 0 bridgehead atoms. The minimum Gasteiger partial charge on any atom is -0.453 e. The fraction of sp³-hybridized carbons (Fsp3) is 0.441. The van der Waals surface area contributed by atoms with Crippen molar-refractivity contribution in [3.8, 4) is 16.9 Å². The van der Waals surface area contributed by atoms with Gasteiger partial charge >= 0.3 is 24.1 Å². The van der Waals surface area contributed by atoms with Gasteiger partial charge in [0.2, 0.25) is 0 Å². The molecule has 0 unspecified atom stereocenters. The molecule has 0 radical (unpaired) electrons. The number of pyridine rings is 1. The van der Waals surface area contributed by atoms with Crippen LogP contribution in [0.15, 0.2) is 30.6 Å². The zero-order valence-electron chi connectivity index (χ0n) is 27.2. The van der Waals surface area contributed by atoms with E-state index in [0.29, 0.717) is 50.2 Å². The van der Waals surface area contributed by atoms with Gasteiger partial charge in [-0.05, 0) is 75.0 Å². The van der Waals surface area contributed by atoms with Gasteiger partial charge in [0.25, 0.3) is 5.91 Å². The van der Waals surface area contributed by atoms with Crippen molar-refractivity contribution >= 4 is 41.2 Å². The van der Waals surface area contributed by atoms with E-state index >= 15 is 8.78 Å². The number of hydrogen-bond acceptors (Lipinski definition) is 10. The van der Waals surface area contributed by atoms with Gasteiger partial charge < -0.3 is 24.8 Å². The van der Waals surface area contributed by atoms with E-state index in [0.717, 1.165) is 17.7 Å². The quantitative estimate of drug-likeness (QED) is 0.314. The van der Waals surface area contributed by atoms with Crippen molar-refractivity contribution in [3.05, 3.63) is 64.0 Å². The normalized spacial score (nSPS) is 21.3. The van der Waals surface area contributed by atoms with E-state index in [4.69, 9.17) is 36.5 Å². The number of nitrogens with two attached hydrogens (primary N) is 1. The Labute approximate surface area is 290 Å². The summed E-state index contributed by atoms with van der Waals surface area (Å²) in [5, 5.41) is 0.229. The van der Waals surface area contributed by atoms with Gasteiger partial charge in [-0.1, -0.05) is 17.7 Å². The summed E-state index contributed by atoms with van der Waals surface area (Å²) in [4.78, 5) is 67.3. The molecule has 2 N–H and O–H groups in total. The van der Waals surface area contributed by atoms with Crippen LogP contribution in [0.2, 0.25) is 5.02 Å². The minimum atomic E-state index is -4.25. The number of benzene rings is 1. The van der Waals surface area contributed by atoms with Crippen LogP contribution in [-0.4, -0.2) is 70.0 Å². The van der Waals surface area contributed by atoms with Crippen molar-refractivity contribution in [2.24, 2.45) is 17.6 Å². The molecule has 3 aromatic rings. The second kappa shape index (κ2) is 12.4. The molecule has 262 valence electrons. The molecule has 50 heavy (non-hydrogen) atoms. The van der Waals surface area contributed by atoms with Crippen LogP contribution in [0, 0.1) is 11.8 Å². The number of fused-ring (bicyclic) bond motifs is 2. The summed E-state index contributed by atoms with van der Waals surface area (Å²) in [5.41, 5.74) is 5.78. The fourth-order valence-electron chi connectivity index (χ4n) is 7.10. The van der Waals surface area contributed by atoms with Crippen LogP contribution in [0.1, 0.15) is 77.0 Å². The predicted octanol–water partition coefficient (Wildman–Crippen LogP) is 5.02. The smallest absolute Gasteiger partial charge is 0.453 e. The number of hydrogen-bond donors (Lipinski definition) is 1. The van der Waals surface area contributed by atoms with Crippen LogP contribution < -0.4 is 15.4 Å². The first-order valence-electron chi connectivity index (χ1n) is 16.2. The third-order valence-electron chi connectivity index (χ3n) is 9.69. The molecule has 2 aromatic heterocycles. The lowest BCUT2D eigenvalue weighted by Gasteiger charge is -2.35. The van der Waals surface area contributed by atoms with Crippen molar-refractivity contribution in [2.45, 2.75) is 63.7 Å². The summed E-state index contributed by atoms with van der Waals surface area (Å²) in [7, 11) is 1.33. The molecule has 5 heterocycles. The first-order valence-corrected chi connectivity index (χ1v) is 16.6. The number of halogens is 3. The number of rotatable bonds is 8. The average molecular weight is 711 g/mol. The molecule has 1 saturated carbocycles. The lowest BCUT2D eigenvalue weighted by atomic mass is 9.81. The molecule has 2 fully saturated rings. The molecule has 4 aliphatic rings. The predicted molar refractivity (Wildman–Crippen MR) is 173 cm³/mol. The minimum absolute atomic E-state index is 0.00142. The standard InChI is InChI=1S/C34H33ClF2N6O7/c1-33(13-18-7-9-42(10-8-18)32(47)48-2)28-27(30(45)50-33)25(26(29(38)44)21(41-28)11-17-3-4-17)19-5-6-22-23(12-19)49-34(36,37)31(46)43(22)16-24-39-14-20(35)15-40-24/h5-6,12,14-15,17-18H,3-4,7-11,13,16H2,1-2H3,(H2,38,44)/t33-/m0/s1. The Bertz CT molecular complexity index is 1920. The molecule has 1 atom stereocenters. The number of likely N-dealkylation sites (tertiary alicyclic amines) is 1. The van der Waals surface area contributed by atoms with Crippen molar-refractivity contribution in [2.75, 3.05) is 25.1 Å². The highest BCUT2D eigenvalue weighted by atomic mass is 35.5. The van der Waals surface area contributed by atoms with Crippen LogP contribution in [0.4, 0.5) is 19.3 Å². The number of carbonyl (C=O) groups is 4.